The van der Waals surface area contributed by atoms with Crippen LogP contribution in [0.3, 0.4) is 0 Å². The van der Waals surface area contributed by atoms with Gasteiger partial charge in [0, 0.05) is 17.4 Å². The number of rotatable bonds is 5. The van der Waals surface area contributed by atoms with Gasteiger partial charge in [0.1, 0.15) is 13.8 Å². The molecule has 1 fully saturated rings. The highest BCUT2D eigenvalue weighted by atomic mass is 28.3. The Labute approximate surface area is 175 Å². The second-order valence-corrected chi connectivity index (χ2v) is 14.7. The van der Waals surface area contributed by atoms with Crippen molar-refractivity contribution in [2.24, 2.45) is 0 Å². The highest BCUT2D eigenvalue weighted by Crippen LogP contribution is 2.36. The standard InChI is InChI=1S/C24H32N4Si/c1-24(13-15-28(16-14-24)18-19-9-6-5-7-10-19)21-12-8-11-20(17-21)22-23(26-27-25-22)29(2,3)4/h5-12,17H,13-16,18H2,1-4H3,(H,25,26,27). The van der Waals surface area contributed by atoms with Crippen LogP contribution in [-0.2, 0) is 12.0 Å². The van der Waals surface area contributed by atoms with Gasteiger partial charge in [-0.3, -0.25) is 10.00 Å². The molecule has 0 spiro atoms. The van der Waals surface area contributed by atoms with Gasteiger partial charge in [0.2, 0.25) is 0 Å². The maximum atomic E-state index is 4.44. The number of aromatic nitrogens is 3. The highest BCUT2D eigenvalue weighted by Gasteiger charge is 2.32. The summed E-state index contributed by atoms with van der Waals surface area (Å²) in [6.45, 7) is 12.8. The van der Waals surface area contributed by atoms with Crippen LogP contribution in [-0.4, -0.2) is 41.5 Å². The highest BCUT2D eigenvalue weighted by molar-refractivity contribution is 6.89. The van der Waals surface area contributed by atoms with E-state index in [-0.39, 0.29) is 5.41 Å². The molecule has 1 aromatic heterocycles. The lowest BCUT2D eigenvalue weighted by atomic mass is 9.74. The van der Waals surface area contributed by atoms with E-state index in [2.05, 4.69) is 101 Å². The summed E-state index contributed by atoms with van der Waals surface area (Å²) in [6.07, 6.45) is 2.37. The molecule has 3 aromatic rings. The Kier molecular flexibility index (Phi) is 5.45. The van der Waals surface area contributed by atoms with E-state index in [1.807, 2.05) is 0 Å². The van der Waals surface area contributed by atoms with Gasteiger partial charge >= 0.3 is 0 Å². The number of benzene rings is 2. The molecule has 29 heavy (non-hydrogen) atoms. The summed E-state index contributed by atoms with van der Waals surface area (Å²) in [7, 11) is -1.52. The van der Waals surface area contributed by atoms with Gasteiger partial charge in [-0.15, -0.1) is 5.10 Å². The summed E-state index contributed by atoms with van der Waals surface area (Å²) in [5.74, 6) is 0. The van der Waals surface area contributed by atoms with E-state index in [1.54, 1.807) is 0 Å². The molecule has 4 rings (SSSR count). The number of piperidine rings is 1. The molecule has 1 N–H and O–H groups in total. The number of nitrogens with zero attached hydrogens (tertiary/aromatic N) is 3. The summed E-state index contributed by atoms with van der Waals surface area (Å²) in [5.41, 5.74) is 5.28. The van der Waals surface area contributed by atoms with E-state index >= 15 is 0 Å². The van der Waals surface area contributed by atoms with E-state index in [4.69, 9.17) is 0 Å². The number of aromatic amines is 1. The van der Waals surface area contributed by atoms with Crippen molar-refractivity contribution in [3.63, 3.8) is 0 Å². The third kappa shape index (κ3) is 4.36. The molecule has 2 heterocycles. The van der Waals surface area contributed by atoms with Crippen LogP contribution in [0.4, 0.5) is 0 Å². The molecule has 0 amide bonds. The van der Waals surface area contributed by atoms with Gasteiger partial charge in [0.15, 0.2) is 0 Å². The van der Waals surface area contributed by atoms with Crippen LogP contribution in [0.1, 0.15) is 30.9 Å². The van der Waals surface area contributed by atoms with Crippen LogP contribution in [0, 0.1) is 0 Å². The lowest BCUT2D eigenvalue weighted by Gasteiger charge is -2.40. The van der Waals surface area contributed by atoms with Crippen LogP contribution in [0.15, 0.2) is 54.6 Å². The van der Waals surface area contributed by atoms with Crippen molar-refractivity contribution in [2.75, 3.05) is 13.1 Å². The number of H-pyrrole nitrogens is 1. The molecule has 0 unspecified atom stereocenters. The Balaban J connectivity index is 1.51. The van der Waals surface area contributed by atoms with Crippen LogP contribution < -0.4 is 5.32 Å². The molecule has 0 aliphatic carbocycles. The van der Waals surface area contributed by atoms with E-state index < -0.39 is 8.07 Å². The quantitative estimate of drug-likeness (QED) is 0.634. The Hall–Kier alpha value is -2.24. The van der Waals surface area contributed by atoms with Crippen molar-refractivity contribution in [2.45, 2.75) is 51.4 Å². The van der Waals surface area contributed by atoms with Gasteiger partial charge in [-0.2, -0.15) is 0 Å². The molecule has 0 atom stereocenters. The molecule has 5 heteroatoms. The number of likely N-dealkylation sites (tertiary alicyclic amines) is 1. The van der Waals surface area contributed by atoms with E-state index in [1.165, 1.54) is 34.8 Å². The van der Waals surface area contributed by atoms with Gasteiger partial charge in [0.25, 0.3) is 0 Å². The molecule has 1 saturated heterocycles. The Morgan fingerprint density at radius 2 is 1.72 bits per heavy atom. The molecule has 2 aromatic carbocycles. The van der Waals surface area contributed by atoms with Crippen LogP contribution in [0.5, 0.6) is 0 Å². The predicted molar refractivity (Wildman–Crippen MR) is 123 cm³/mol. The van der Waals surface area contributed by atoms with E-state index in [0.717, 1.165) is 25.3 Å². The monoisotopic (exact) mass is 404 g/mol. The molecule has 0 saturated carbocycles. The Bertz CT molecular complexity index is 950. The van der Waals surface area contributed by atoms with Crippen LogP contribution >= 0.6 is 0 Å². The molecule has 0 radical (unpaired) electrons. The fraction of sp³-hybridized carbons (Fsp3) is 0.417. The van der Waals surface area contributed by atoms with E-state index in [9.17, 15) is 0 Å². The molecule has 1 aliphatic rings. The molecule has 4 nitrogen and oxygen atoms in total. The van der Waals surface area contributed by atoms with Crippen molar-refractivity contribution in [3.05, 3.63) is 65.7 Å². The largest absolute Gasteiger partial charge is 0.299 e. The minimum Gasteiger partial charge on any atom is -0.299 e. The summed E-state index contributed by atoms with van der Waals surface area (Å²) in [6, 6.07) is 19.8. The lowest BCUT2D eigenvalue weighted by molar-refractivity contribution is 0.162. The first-order chi connectivity index (χ1) is 13.9. The van der Waals surface area contributed by atoms with Crippen molar-refractivity contribution < 1.29 is 0 Å². The fourth-order valence-electron chi connectivity index (χ4n) is 4.33. The summed E-state index contributed by atoms with van der Waals surface area (Å²) in [5, 5.41) is 13.0. The van der Waals surface area contributed by atoms with E-state index in [0.29, 0.717) is 0 Å². The van der Waals surface area contributed by atoms with Crippen molar-refractivity contribution in [1.29, 1.82) is 0 Å². The molecule has 0 bridgehead atoms. The third-order valence-corrected chi connectivity index (χ3v) is 8.19. The normalized spacial score (nSPS) is 17.4. The molecular weight excluding hydrogens is 372 g/mol. The Morgan fingerprint density at radius 3 is 2.41 bits per heavy atom. The van der Waals surface area contributed by atoms with Crippen LogP contribution in [0.25, 0.3) is 11.3 Å². The van der Waals surface area contributed by atoms with Crippen molar-refractivity contribution >= 4 is 13.4 Å². The number of nitrogens with one attached hydrogen (secondary N) is 1. The molecular formula is C24H32N4Si. The summed E-state index contributed by atoms with van der Waals surface area (Å²) < 4.78 is 0. The van der Waals surface area contributed by atoms with Crippen molar-refractivity contribution in [1.82, 2.24) is 20.3 Å². The number of hydrogen-bond acceptors (Lipinski definition) is 3. The zero-order chi connectivity index (χ0) is 20.5. The Morgan fingerprint density at radius 1 is 1.00 bits per heavy atom. The zero-order valence-corrected chi connectivity index (χ0v) is 19.1. The van der Waals surface area contributed by atoms with Gasteiger partial charge in [-0.1, -0.05) is 80.3 Å². The van der Waals surface area contributed by atoms with Crippen LogP contribution in [0.2, 0.25) is 19.6 Å². The predicted octanol–water partition coefficient (Wildman–Crippen LogP) is 4.57. The van der Waals surface area contributed by atoms with Crippen molar-refractivity contribution in [3.8, 4) is 11.3 Å². The van der Waals surface area contributed by atoms with Gasteiger partial charge in [-0.25, -0.2) is 0 Å². The van der Waals surface area contributed by atoms with Gasteiger partial charge in [0.05, 0.1) is 0 Å². The number of hydrogen-bond donors (Lipinski definition) is 1. The average molecular weight is 405 g/mol. The first kappa shape index (κ1) is 20.0. The second-order valence-electron chi connectivity index (χ2n) is 9.69. The summed E-state index contributed by atoms with van der Waals surface area (Å²) in [4.78, 5) is 2.59. The summed E-state index contributed by atoms with van der Waals surface area (Å²) >= 11 is 0. The molecule has 152 valence electrons. The minimum absolute atomic E-state index is 0.215. The third-order valence-electron chi connectivity index (χ3n) is 6.34. The second kappa shape index (κ2) is 7.88. The SMILES string of the molecule is CC1(c2cccc(-c3nn[nH]c3[Si](C)(C)C)c2)CCN(Cc2ccccc2)CC1. The first-order valence-corrected chi connectivity index (χ1v) is 14.1. The topological polar surface area (TPSA) is 44.8 Å². The maximum Gasteiger partial charge on any atom is 0.111 e. The van der Waals surface area contributed by atoms with Gasteiger partial charge in [-0.05, 0) is 48.5 Å². The zero-order valence-electron chi connectivity index (χ0n) is 18.1. The average Bonchev–Trinajstić information content (AvgIpc) is 3.21. The first-order valence-electron chi connectivity index (χ1n) is 10.6. The minimum atomic E-state index is -1.52. The van der Waals surface area contributed by atoms with Gasteiger partial charge < -0.3 is 0 Å². The fourth-order valence-corrected chi connectivity index (χ4v) is 5.62. The lowest BCUT2D eigenvalue weighted by Crippen LogP contribution is -2.41. The smallest absolute Gasteiger partial charge is 0.111 e. The molecule has 1 aliphatic heterocycles. The maximum absolute atomic E-state index is 4.44.